The lowest BCUT2D eigenvalue weighted by Crippen LogP contribution is -2.15. The molecule has 0 fully saturated rings. The lowest BCUT2D eigenvalue weighted by molar-refractivity contribution is 0.660. The van der Waals surface area contributed by atoms with E-state index in [2.05, 4.69) is 255 Å². The highest BCUT2D eigenvalue weighted by Gasteiger charge is 2.37. The standard InChI is InChI=1S/C70H48N4/c1-69(2)57-27-15-12-22-47(57)49-33-30-41(36-59(49)69)66-55-38-44(32-35-61(55)71-68(72-66)42-31-34-50-48-23-13-16-28-58(48)70(3,4)60(50)37-42)73-62-29-17-14-24-51(62)54-39-56-64(40-63(54)73)74(43-18-6-5-7-19-43)67-53-26-11-9-21-46(53)45-20-8-10-25-52(45)65(56)67/h5-40H,1-4H3. The van der Waals surface area contributed by atoms with E-state index in [9.17, 15) is 0 Å². The molecule has 0 atom stereocenters. The van der Waals surface area contributed by atoms with Crippen LogP contribution in [0.1, 0.15) is 49.9 Å². The number of para-hydroxylation sites is 2. The Hall–Kier alpha value is -9.12. The Kier molecular flexibility index (Phi) is 8.27. The normalized spacial score (nSPS) is 14.2. The van der Waals surface area contributed by atoms with Crippen LogP contribution in [0.3, 0.4) is 0 Å². The monoisotopic (exact) mass is 944 g/mol. The molecule has 4 heteroatoms. The summed E-state index contributed by atoms with van der Waals surface area (Å²) >= 11 is 0. The predicted molar refractivity (Wildman–Crippen MR) is 309 cm³/mol. The van der Waals surface area contributed by atoms with Crippen molar-refractivity contribution in [2.24, 2.45) is 0 Å². The van der Waals surface area contributed by atoms with Crippen molar-refractivity contribution in [2.75, 3.05) is 0 Å². The van der Waals surface area contributed by atoms with Crippen LogP contribution in [0.4, 0.5) is 0 Å². The van der Waals surface area contributed by atoms with E-state index in [1.807, 2.05) is 0 Å². The number of benzene rings is 11. The van der Waals surface area contributed by atoms with E-state index in [4.69, 9.17) is 9.97 Å². The van der Waals surface area contributed by atoms with Crippen LogP contribution in [0.15, 0.2) is 218 Å². The number of hydrogen-bond acceptors (Lipinski definition) is 2. The van der Waals surface area contributed by atoms with Gasteiger partial charge < -0.3 is 9.13 Å². The summed E-state index contributed by atoms with van der Waals surface area (Å²) in [5.74, 6) is 0.728. The average molecular weight is 945 g/mol. The van der Waals surface area contributed by atoms with Gasteiger partial charge in [-0.1, -0.05) is 185 Å². The highest BCUT2D eigenvalue weighted by Crippen LogP contribution is 2.52. The molecule has 2 aliphatic carbocycles. The van der Waals surface area contributed by atoms with Crippen molar-refractivity contribution in [3.8, 4) is 56.3 Å². The maximum Gasteiger partial charge on any atom is 0.160 e. The van der Waals surface area contributed by atoms with Gasteiger partial charge in [0.2, 0.25) is 0 Å². The smallest absolute Gasteiger partial charge is 0.160 e. The lowest BCUT2D eigenvalue weighted by Gasteiger charge is -2.22. The van der Waals surface area contributed by atoms with Gasteiger partial charge in [-0.15, -0.1) is 0 Å². The third-order valence-corrected chi connectivity index (χ3v) is 17.1. The van der Waals surface area contributed by atoms with Crippen molar-refractivity contribution < 1.29 is 0 Å². The molecule has 3 heterocycles. The van der Waals surface area contributed by atoms with Gasteiger partial charge in [0.25, 0.3) is 0 Å². The van der Waals surface area contributed by atoms with Crippen molar-refractivity contribution in [3.05, 3.63) is 241 Å². The largest absolute Gasteiger partial charge is 0.309 e. The zero-order valence-electron chi connectivity index (χ0n) is 41.6. The molecule has 0 spiro atoms. The van der Waals surface area contributed by atoms with Gasteiger partial charge in [0.05, 0.1) is 33.3 Å². The highest BCUT2D eigenvalue weighted by atomic mass is 15.0. The van der Waals surface area contributed by atoms with E-state index in [0.29, 0.717) is 0 Å². The molecular weight excluding hydrogens is 897 g/mol. The first-order chi connectivity index (χ1) is 36.2. The van der Waals surface area contributed by atoms with Gasteiger partial charge in [0.1, 0.15) is 0 Å². The van der Waals surface area contributed by atoms with E-state index in [0.717, 1.165) is 56.0 Å². The molecule has 0 N–H and O–H groups in total. The minimum Gasteiger partial charge on any atom is -0.309 e. The Labute approximate surface area is 428 Å². The first kappa shape index (κ1) is 41.5. The number of fused-ring (bicyclic) bond motifs is 18. The van der Waals surface area contributed by atoms with Crippen LogP contribution in [-0.2, 0) is 10.8 Å². The fourth-order valence-electron chi connectivity index (χ4n) is 13.6. The average Bonchev–Trinajstić information content (AvgIpc) is 4.10. The van der Waals surface area contributed by atoms with Crippen molar-refractivity contribution in [2.45, 2.75) is 38.5 Å². The summed E-state index contributed by atoms with van der Waals surface area (Å²) in [6.07, 6.45) is 0. The molecule has 0 radical (unpaired) electrons. The molecule has 3 aromatic heterocycles. The fraction of sp³-hybridized carbons (Fsp3) is 0.0857. The molecule has 16 rings (SSSR count). The Bertz CT molecular complexity index is 4780. The minimum atomic E-state index is -0.172. The van der Waals surface area contributed by atoms with E-state index in [1.165, 1.54) is 98.6 Å². The zero-order valence-corrected chi connectivity index (χ0v) is 41.6. The maximum absolute atomic E-state index is 5.67. The molecule has 348 valence electrons. The molecule has 74 heavy (non-hydrogen) atoms. The Morgan fingerprint density at radius 3 is 1.59 bits per heavy atom. The van der Waals surface area contributed by atoms with Crippen LogP contribution in [0.25, 0.3) is 132 Å². The fourth-order valence-corrected chi connectivity index (χ4v) is 13.6. The molecule has 0 unspecified atom stereocenters. The summed E-state index contributed by atoms with van der Waals surface area (Å²) in [4.78, 5) is 11.1. The topological polar surface area (TPSA) is 35.6 Å². The van der Waals surface area contributed by atoms with Gasteiger partial charge in [-0.3, -0.25) is 0 Å². The summed E-state index contributed by atoms with van der Waals surface area (Å²) in [6, 6.07) is 80.9. The van der Waals surface area contributed by atoms with E-state index >= 15 is 0 Å². The van der Waals surface area contributed by atoms with E-state index in [1.54, 1.807) is 0 Å². The molecule has 0 saturated heterocycles. The Morgan fingerprint density at radius 1 is 0.324 bits per heavy atom. The number of nitrogens with zero attached hydrogens (tertiary/aromatic N) is 4. The van der Waals surface area contributed by atoms with Gasteiger partial charge >= 0.3 is 0 Å². The molecule has 0 saturated carbocycles. The molecule has 11 aromatic carbocycles. The summed E-state index contributed by atoms with van der Waals surface area (Å²) in [7, 11) is 0. The zero-order chi connectivity index (χ0) is 49.2. The van der Waals surface area contributed by atoms with Gasteiger partial charge in [-0.2, -0.15) is 0 Å². The second-order valence-corrected chi connectivity index (χ2v) is 21.7. The molecular formula is C70H48N4. The van der Waals surface area contributed by atoms with Gasteiger partial charge in [-0.25, -0.2) is 9.97 Å². The lowest BCUT2D eigenvalue weighted by atomic mass is 9.81. The van der Waals surface area contributed by atoms with E-state index < -0.39 is 0 Å². The summed E-state index contributed by atoms with van der Waals surface area (Å²) < 4.78 is 4.97. The number of aromatic nitrogens is 4. The van der Waals surface area contributed by atoms with Crippen molar-refractivity contribution in [1.82, 2.24) is 19.1 Å². The Balaban J connectivity index is 0.967. The summed E-state index contributed by atoms with van der Waals surface area (Å²) in [6.45, 7) is 9.39. The SMILES string of the molecule is CC1(C)c2ccccc2-c2ccc(-c3nc(-c4ccc5c(c4)C(C)(C)c4ccccc4-5)c4cc(-n5c6ccccc6c6cc7c8c9ccccc9c9ccccc9c8n(-c8ccccc8)c7cc65)ccc4n3)cc21. The number of rotatable bonds is 4. The first-order valence-electron chi connectivity index (χ1n) is 25.9. The van der Waals surface area contributed by atoms with Crippen LogP contribution in [0.5, 0.6) is 0 Å². The number of hydrogen-bond donors (Lipinski definition) is 0. The highest BCUT2D eigenvalue weighted by molar-refractivity contribution is 6.33. The molecule has 0 bridgehead atoms. The van der Waals surface area contributed by atoms with Crippen LogP contribution in [-0.4, -0.2) is 19.1 Å². The maximum atomic E-state index is 5.67. The molecule has 4 nitrogen and oxygen atoms in total. The van der Waals surface area contributed by atoms with Gasteiger partial charge in [0, 0.05) is 65.6 Å². The van der Waals surface area contributed by atoms with E-state index in [-0.39, 0.29) is 10.8 Å². The molecule has 2 aliphatic rings. The summed E-state index contributed by atoms with van der Waals surface area (Å²) in [5.41, 5.74) is 21.0. The predicted octanol–water partition coefficient (Wildman–Crippen LogP) is 18.1. The summed E-state index contributed by atoms with van der Waals surface area (Å²) in [5, 5.41) is 11.0. The third kappa shape index (κ3) is 5.52. The van der Waals surface area contributed by atoms with Crippen molar-refractivity contribution >= 4 is 76.1 Å². The first-order valence-corrected chi connectivity index (χ1v) is 25.9. The second kappa shape index (κ2) is 14.7. The third-order valence-electron chi connectivity index (χ3n) is 17.1. The van der Waals surface area contributed by atoms with Crippen LogP contribution in [0.2, 0.25) is 0 Å². The quantitative estimate of drug-likeness (QED) is 0.165. The van der Waals surface area contributed by atoms with Gasteiger partial charge in [0.15, 0.2) is 5.82 Å². The van der Waals surface area contributed by atoms with Gasteiger partial charge in [-0.05, 0) is 121 Å². The Morgan fingerprint density at radius 2 is 0.878 bits per heavy atom. The van der Waals surface area contributed by atoms with Crippen LogP contribution in [0, 0.1) is 0 Å². The molecule has 0 aliphatic heterocycles. The van der Waals surface area contributed by atoms with Crippen molar-refractivity contribution in [1.29, 1.82) is 0 Å². The molecule has 14 aromatic rings. The molecule has 0 amide bonds. The minimum absolute atomic E-state index is 0.151. The van der Waals surface area contributed by atoms with Crippen LogP contribution < -0.4 is 0 Å². The van der Waals surface area contributed by atoms with Crippen molar-refractivity contribution in [3.63, 3.8) is 0 Å². The second-order valence-electron chi connectivity index (χ2n) is 21.7. The van der Waals surface area contributed by atoms with Crippen LogP contribution >= 0.6 is 0 Å².